The first-order valence-corrected chi connectivity index (χ1v) is 10.3. The van der Waals surface area contributed by atoms with E-state index in [1.54, 1.807) is 19.3 Å². The molecule has 0 aromatic heterocycles. The summed E-state index contributed by atoms with van der Waals surface area (Å²) in [4.78, 5) is 0. The van der Waals surface area contributed by atoms with Crippen LogP contribution in [0.4, 0.5) is 0 Å². The van der Waals surface area contributed by atoms with E-state index in [4.69, 9.17) is 5.32 Å². The molecule has 0 unspecified atom stereocenters. The average Bonchev–Trinajstić information content (AvgIpc) is 2.44. The maximum Gasteiger partial charge on any atom is 0.0829 e. The maximum absolute atomic E-state index is 5.03. The molecule has 4 aliphatic carbocycles. The fraction of sp³-hybridized carbons (Fsp3) is 1.00. The van der Waals surface area contributed by atoms with Crippen molar-refractivity contribution < 1.29 is 4.48 Å². The third-order valence-corrected chi connectivity index (χ3v) is 7.56. The van der Waals surface area contributed by atoms with Crippen LogP contribution in [-0.2, 0) is 0 Å². The van der Waals surface area contributed by atoms with Crippen LogP contribution < -0.4 is 0 Å². The van der Waals surface area contributed by atoms with Crippen LogP contribution in [0, 0.1) is 23.2 Å². The smallest absolute Gasteiger partial charge is 0.0829 e. The Morgan fingerprint density at radius 1 is 0.880 bits per heavy atom. The van der Waals surface area contributed by atoms with Crippen molar-refractivity contribution in [2.45, 2.75) is 77.7 Å². The molecule has 0 atom stereocenters. The summed E-state index contributed by atoms with van der Waals surface area (Å²) in [6.07, 6.45) is 13.3. The summed E-state index contributed by atoms with van der Waals surface area (Å²) in [6.45, 7) is 8.30. The quantitative estimate of drug-likeness (QED) is 0.267. The molecule has 0 spiro atoms. The van der Waals surface area contributed by atoms with E-state index in [0.717, 1.165) is 34.8 Å². The molecule has 4 saturated carbocycles. The molecule has 0 N–H and O–H groups in total. The molecule has 25 heavy (non-hydrogen) atoms. The van der Waals surface area contributed by atoms with Crippen molar-refractivity contribution in [3.05, 3.63) is 5.32 Å². The molecule has 4 heteroatoms. The fourth-order valence-corrected chi connectivity index (χ4v) is 5.98. The van der Waals surface area contributed by atoms with Gasteiger partial charge >= 0.3 is 0 Å². The largest absolute Gasteiger partial charge is 0.662 e. The Kier molecular flexibility index (Phi) is 9.46. The minimum Gasteiger partial charge on any atom is -0.662 e. The third-order valence-electron chi connectivity index (χ3n) is 7.56. The molecular formula is C21H42Br2N2. The van der Waals surface area contributed by atoms with Gasteiger partial charge in [0.05, 0.1) is 26.7 Å². The van der Waals surface area contributed by atoms with E-state index < -0.39 is 0 Å². The zero-order chi connectivity index (χ0) is 16.5. The van der Waals surface area contributed by atoms with E-state index in [2.05, 4.69) is 27.9 Å². The summed E-state index contributed by atoms with van der Waals surface area (Å²) >= 11 is 0. The first kappa shape index (κ1) is 23.9. The van der Waals surface area contributed by atoms with Crippen LogP contribution >= 0.6 is 34.0 Å². The van der Waals surface area contributed by atoms with Gasteiger partial charge in [0, 0.05) is 0 Å². The van der Waals surface area contributed by atoms with E-state index in [1.807, 2.05) is 0 Å². The number of nitrogens with zero attached hydrogens (tertiary/aromatic N) is 2. The lowest BCUT2D eigenvalue weighted by Crippen LogP contribution is -2.47. The van der Waals surface area contributed by atoms with Gasteiger partial charge in [0.2, 0.25) is 0 Å². The van der Waals surface area contributed by atoms with Crippen LogP contribution in [0.1, 0.15) is 71.6 Å². The van der Waals surface area contributed by atoms with E-state index in [1.165, 1.54) is 51.6 Å². The highest BCUT2D eigenvalue weighted by Crippen LogP contribution is 2.60. The Balaban J connectivity index is 0.00000156. The molecule has 0 heterocycles. The average molecular weight is 482 g/mol. The minimum atomic E-state index is 0. The second-order valence-corrected chi connectivity index (χ2v) is 10.2. The second-order valence-electron chi connectivity index (χ2n) is 10.2. The van der Waals surface area contributed by atoms with Gasteiger partial charge < -0.3 is 9.80 Å². The third kappa shape index (κ3) is 6.19. The lowest BCUT2D eigenvalue weighted by molar-refractivity contribution is -0.911. The van der Waals surface area contributed by atoms with Crippen molar-refractivity contribution >= 4 is 34.0 Å². The molecule has 0 saturated heterocycles. The van der Waals surface area contributed by atoms with Crippen molar-refractivity contribution in [2.24, 2.45) is 23.2 Å². The Hall–Kier alpha value is 0.880. The van der Waals surface area contributed by atoms with Crippen LogP contribution in [0.3, 0.4) is 0 Å². The lowest BCUT2D eigenvalue weighted by Gasteiger charge is -2.59. The molecule has 4 aliphatic rings. The minimum absolute atomic E-state index is 0. The van der Waals surface area contributed by atoms with Gasteiger partial charge in [-0.2, -0.15) is 0 Å². The molecule has 0 radical (unpaired) electrons. The van der Waals surface area contributed by atoms with Gasteiger partial charge in [-0.25, -0.2) is 0 Å². The highest BCUT2D eigenvalue weighted by Gasteiger charge is 2.48. The SMILES string of the molecule is Br.Br.CC(C)[N+](C)(C)CCCCC[N-]CC12CC3CC(CC(C3)C1)C2. The molecule has 0 aromatic rings. The molecular weight excluding hydrogens is 440 g/mol. The number of hydrogen-bond donors (Lipinski definition) is 0. The molecule has 4 bridgehead atoms. The van der Waals surface area contributed by atoms with Crippen molar-refractivity contribution in [3.63, 3.8) is 0 Å². The van der Waals surface area contributed by atoms with Crippen molar-refractivity contribution in [2.75, 3.05) is 33.7 Å². The van der Waals surface area contributed by atoms with Crippen LogP contribution in [0.25, 0.3) is 5.32 Å². The lowest BCUT2D eigenvalue weighted by atomic mass is 9.49. The van der Waals surface area contributed by atoms with E-state index in [9.17, 15) is 0 Å². The molecule has 0 aromatic carbocycles. The molecule has 150 valence electrons. The van der Waals surface area contributed by atoms with Crippen LogP contribution in [0.5, 0.6) is 0 Å². The van der Waals surface area contributed by atoms with Crippen molar-refractivity contribution in [1.82, 2.24) is 0 Å². The second kappa shape index (κ2) is 9.89. The van der Waals surface area contributed by atoms with E-state index in [0.29, 0.717) is 5.41 Å². The molecule has 4 fully saturated rings. The normalized spacial score (nSPS) is 33.2. The first-order chi connectivity index (χ1) is 10.9. The van der Waals surface area contributed by atoms with Crippen molar-refractivity contribution in [1.29, 1.82) is 0 Å². The van der Waals surface area contributed by atoms with Gasteiger partial charge in [0.25, 0.3) is 0 Å². The predicted molar refractivity (Wildman–Crippen MR) is 120 cm³/mol. The topological polar surface area (TPSA) is 14.1 Å². The Bertz CT molecular complexity index is 360. The number of hydrogen-bond acceptors (Lipinski definition) is 0. The number of unbranched alkanes of at least 4 members (excludes halogenated alkanes) is 2. The standard InChI is InChI=1S/C21H40N2.2BrH/c1-17(2)23(3,4)9-7-5-6-8-22-16-21-13-18-10-19(14-21)12-20(11-18)15-21;;/h17-20H,5-16H2,1-4H3;2*1H. The zero-order valence-electron chi connectivity index (χ0n) is 17.0. The predicted octanol–water partition coefficient (Wildman–Crippen LogP) is 6.39. The van der Waals surface area contributed by atoms with Gasteiger partial charge in [-0.15, -0.1) is 47.1 Å². The van der Waals surface area contributed by atoms with Gasteiger partial charge in [-0.1, -0.05) is 6.42 Å². The molecule has 0 amide bonds. The van der Waals surface area contributed by atoms with Crippen LogP contribution in [0.2, 0.25) is 0 Å². The summed E-state index contributed by atoms with van der Waals surface area (Å²) in [6, 6.07) is 0.732. The number of halogens is 2. The zero-order valence-corrected chi connectivity index (χ0v) is 20.4. The first-order valence-electron chi connectivity index (χ1n) is 10.3. The monoisotopic (exact) mass is 480 g/mol. The molecule has 2 nitrogen and oxygen atoms in total. The molecule has 4 rings (SSSR count). The highest BCUT2D eigenvalue weighted by atomic mass is 79.9. The Morgan fingerprint density at radius 2 is 1.40 bits per heavy atom. The number of quaternary nitrogens is 1. The van der Waals surface area contributed by atoms with E-state index in [-0.39, 0.29) is 34.0 Å². The summed E-state index contributed by atoms with van der Waals surface area (Å²) in [5.41, 5.74) is 0.658. The van der Waals surface area contributed by atoms with Gasteiger partial charge in [0.15, 0.2) is 0 Å². The molecule has 0 aliphatic heterocycles. The summed E-state index contributed by atoms with van der Waals surface area (Å²) < 4.78 is 1.16. The van der Waals surface area contributed by atoms with Gasteiger partial charge in [0.1, 0.15) is 0 Å². The highest BCUT2D eigenvalue weighted by molar-refractivity contribution is 8.93. The van der Waals surface area contributed by atoms with Crippen LogP contribution in [0.15, 0.2) is 0 Å². The van der Waals surface area contributed by atoms with Crippen LogP contribution in [-0.4, -0.2) is 44.3 Å². The summed E-state index contributed by atoms with van der Waals surface area (Å²) in [5.74, 6) is 3.23. The van der Waals surface area contributed by atoms with Gasteiger partial charge in [-0.3, -0.25) is 0 Å². The fourth-order valence-electron chi connectivity index (χ4n) is 5.98. The summed E-state index contributed by atoms with van der Waals surface area (Å²) in [7, 11) is 4.73. The number of rotatable bonds is 9. The van der Waals surface area contributed by atoms with Crippen molar-refractivity contribution in [3.8, 4) is 0 Å². The van der Waals surface area contributed by atoms with Gasteiger partial charge in [-0.05, 0) is 88.4 Å². The Labute approximate surface area is 178 Å². The van der Waals surface area contributed by atoms with E-state index >= 15 is 0 Å². The maximum atomic E-state index is 5.03. The Morgan fingerprint density at radius 3 is 1.88 bits per heavy atom. The summed E-state index contributed by atoms with van der Waals surface area (Å²) in [5, 5.41) is 5.03.